The van der Waals surface area contributed by atoms with Crippen molar-refractivity contribution in [3.8, 4) is 6.07 Å². The molecule has 0 bridgehead atoms. The van der Waals surface area contributed by atoms with Crippen molar-refractivity contribution in [2.45, 2.75) is 51.0 Å². The van der Waals surface area contributed by atoms with E-state index in [1.54, 1.807) is 6.07 Å². The number of hydrogen-bond donors (Lipinski definition) is 1. The quantitative estimate of drug-likeness (QED) is 0.833. The van der Waals surface area contributed by atoms with Crippen molar-refractivity contribution in [1.82, 2.24) is 0 Å². The van der Waals surface area contributed by atoms with Crippen LogP contribution in [0.2, 0.25) is 5.02 Å². The van der Waals surface area contributed by atoms with E-state index in [2.05, 4.69) is 11.4 Å². The molecule has 1 aromatic carbocycles. The maximum absolute atomic E-state index is 8.99. The van der Waals surface area contributed by atoms with Gasteiger partial charge in [0.25, 0.3) is 0 Å². The van der Waals surface area contributed by atoms with E-state index in [0.29, 0.717) is 11.6 Å². The van der Waals surface area contributed by atoms with Crippen molar-refractivity contribution >= 4 is 17.3 Å². The van der Waals surface area contributed by atoms with Gasteiger partial charge in [-0.3, -0.25) is 0 Å². The van der Waals surface area contributed by atoms with Crippen LogP contribution in [0.3, 0.4) is 0 Å². The first kappa shape index (κ1) is 13.8. The molecule has 2 saturated carbocycles. The molecule has 1 N–H and O–H groups in total. The number of nitriles is 1. The van der Waals surface area contributed by atoms with Gasteiger partial charge in [0.15, 0.2) is 0 Å². The van der Waals surface area contributed by atoms with E-state index in [4.69, 9.17) is 16.9 Å². The molecule has 0 aromatic heterocycles. The third kappa shape index (κ3) is 2.94. The number of anilines is 1. The lowest BCUT2D eigenvalue weighted by molar-refractivity contribution is 0.162. The third-order valence-electron chi connectivity index (χ3n) is 4.99. The average molecular weight is 289 g/mol. The molecule has 20 heavy (non-hydrogen) atoms. The molecule has 1 aromatic rings. The van der Waals surface area contributed by atoms with E-state index in [-0.39, 0.29) is 0 Å². The van der Waals surface area contributed by atoms with Gasteiger partial charge < -0.3 is 5.32 Å². The zero-order valence-corrected chi connectivity index (χ0v) is 12.5. The van der Waals surface area contributed by atoms with E-state index in [0.717, 1.165) is 22.5 Å². The second-order valence-electron chi connectivity index (χ2n) is 6.27. The minimum Gasteiger partial charge on any atom is -0.381 e. The molecule has 106 valence electrons. The summed E-state index contributed by atoms with van der Waals surface area (Å²) in [6.07, 6.45) is 9.49. The molecule has 2 aliphatic rings. The fourth-order valence-electron chi connectivity index (χ4n) is 3.93. The van der Waals surface area contributed by atoms with Crippen LogP contribution >= 0.6 is 11.6 Å². The van der Waals surface area contributed by atoms with Crippen LogP contribution in [0.15, 0.2) is 18.2 Å². The first-order chi connectivity index (χ1) is 9.76. The lowest BCUT2D eigenvalue weighted by atomic mass is 9.69. The molecule has 0 aliphatic heterocycles. The van der Waals surface area contributed by atoms with Gasteiger partial charge in [0.05, 0.1) is 22.3 Å². The number of hydrogen-bond acceptors (Lipinski definition) is 2. The predicted molar refractivity (Wildman–Crippen MR) is 82.9 cm³/mol. The Kier molecular flexibility index (Phi) is 4.17. The van der Waals surface area contributed by atoms with Gasteiger partial charge >= 0.3 is 0 Å². The maximum Gasteiger partial charge on any atom is 0.0992 e. The molecule has 3 heteroatoms. The van der Waals surface area contributed by atoms with Crippen LogP contribution in [0.5, 0.6) is 0 Å². The molecular formula is C17H21ClN2. The number of nitrogens with zero attached hydrogens (tertiary/aromatic N) is 1. The fourth-order valence-corrected chi connectivity index (χ4v) is 4.10. The molecule has 3 rings (SSSR count). The van der Waals surface area contributed by atoms with Gasteiger partial charge in [0, 0.05) is 6.04 Å². The summed E-state index contributed by atoms with van der Waals surface area (Å²) in [4.78, 5) is 0. The van der Waals surface area contributed by atoms with E-state index < -0.39 is 0 Å². The van der Waals surface area contributed by atoms with E-state index >= 15 is 0 Å². The molecule has 2 nitrogen and oxygen atoms in total. The lowest BCUT2D eigenvalue weighted by Gasteiger charge is -2.40. The summed E-state index contributed by atoms with van der Waals surface area (Å²) < 4.78 is 0. The highest BCUT2D eigenvalue weighted by atomic mass is 35.5. The Hall–Kier alpha value is -1.20. The number of fused-ring (bicyclic) bond motifs is 1. The van der Waals surface area contributed by atoms with Crippen LogP contribution in [0.1, 0.15) is 50.5 Å². The van der Waals surface area contributed by atoms with Crippen LogP contribution in [0.4, 0.5) is 5.69 Å². The smallest absolute Gasteiger partial charge is 0.0992 e. The van der Waals surface area contributed by atoms with Gasteiger partial charge in [-0.05, 0) is 49.3 Å². The van der Waals surface area contributed by atoms with Gasteiger partial charge in [0.1, 0.15) is 0 Å². The third-order valence-corrected chi connectivity index (χ3v) is 5.32. The standard InChI is InChI=1S/C17H21ClN2/c18-16-8-5-12(11-19)9-17(16)20-15-7-6-13-3-1-2-4-14(13)10-15/h5,8-9,13-15,20H,1-4,6-7,10H2. The molecule has 0 spiro atoms. The van der Waals surface area contributed by atoms with Gasteiger partial charge in [-0.25, -0.2) is 0 Å². The van der Waals surface area contributed by atoms with Crippen molar-refractivity contribution in [3.05, 3.63) is 28.8 Å². The van der Waals surface area contributed by atoms with Gasteiger partial charge in [-0.2, -0.15) is 5.26 Å². The zero-order valence-electron chi connectivity index (χ0n) is 11.7. The van der Waals surface area contributed by atoms with Gasteiger partial charge in [-0.15, -0.1) is 0 Å². The Morgan fingerprint density at radius 2 is 1.90 bits per heavy atom. The summed E-state index contributed by atoms with van der Waals surface area (Å²) in [6, 6.07) is 8.15. The van der Waals surface area contributed by atoms with Gasteiger partial charge in [0.2, 0.25) is 0 Å². The summed E-state index contributed by atoms with van der Waals surface area (Å²) in [5.41, 5.74) is 1.59. The Bertz CT molecular complexity index is 520. The Morgan fingerprint density at radius 3 is 2.70 bits per heavy atom. The Balaban J connectivity index is 1.68. The summed E-state index contributed by atoms with van der Waals surface area (Å²) in [6.45, 7) is 0. The zero-order chi connectivity index (χ0) is 13.9. The van der Waals surface area contributed by atoms with E-state index in [1.807, 2.05) is 12.1 Å². The van der Waals surface area contributed by atoms with Crippen molar-refractivity contribution < 1.29 is 0 Å². The Morgan fingerprint density at radius 1 is 1.10 bits per heavy atom. The monoisotopic (exact) mass is 288 g/mol. The predicted octanol–water partition coefficient (Wildman–Crippen LogP) is 4.98. The van der Waals surface area contributed by atoms with Crippen molar-refractivity contribution in [1.29, 1.82) is 5.26 Å². The van der Waals surface area contributed by atoms with Crippen LogP contribution in [-0.2, 0) is 0 Å². The second kappa shape index (κ2) is 6.06. The molecule has 0 saturated heterocycles. The molecule has 2 aliphatic carbocycles. The van der Waals surface area contributed by atoms with Crippen molar-refractivity contribution in [2.24, 2.45) is 11.8 Å². The number of halogens is 1. The SMILES string of the molecule is N#Cc1ccc(Cl)c(NC2CCC3CCCCC3C2)c1. The molecule has 3 unspecified atom stereocenters. The van der Waals surface area contributed by atoms with Gasteiger partial charge in [-0.1, -0.05) is 37.3 Å². The first-order valence-corrected chi connectivity index (χ1v) is 8.10. The Labute approximate surface area is 126 Å². The minimum absolute atomic E-state index is 0.515. The second-order valence-corrected chi connectivity index (χ2v) is 6.67. The first-order valence-electron chi connectivity index (χ1n) is 7.72. The van der Waals surface area contributed by atoms with E-state index in [9.17, 15) is 0 Å². The summed E-state index contributed by atoms with van der Waals surface area (Å²) in [5.74, 6) is 1.86. The minimum atomic E-state index is 0.515. The van der Waals surface area contributed by atoms with Crippen molar-refractivity contribution in [2.75, 3.05) is 5.32 Å². The molecule has 0 amide bonds. The highest BCUT2D eigenvalue weighted by molar-refractivity contribution is 6.33. The molecule has 2 fully saturated rings. The van der Waals surface area contributed by atoms with Crippen LogP contribution in [-0.4, -0.2) is 6.04 Å². The number of nitrogens with one attached hydrogen (secondary N) is 1. The van der Waals surface area contributed by atoms with E-state index in [1.165, 1.54) is 44.9 Å². The normalized spacial score (nSPS) is 29.3. The fraction of sp³-hybridized carbons (Fsp3) is 0.588. The number of benzene rings is 1. The van der Waals surface area contributed by atoms with Crippen LogP contribution in [0, 0.1) is 23.2 Å². The van der Waals surface area contributed by atoms with Crippen LogP contribution < -0.4 is 5.32 Å². The maximum atomic E-state index is 8.99. The summed E-state index contributed by atoms with van der Waals surface area (Å²) in [5, 5.41) is 13.3. The highest BCUT2D eigenvalue weighted by Gasteiger charge is 2.32. The summed E-state index contributed by atoms with van der Waals surface area (Å²) in [7, 11) is 0. The lowest BCUT2D eigenvalue weighted by Crippen LogP contribution is -2.34. The largest absolute Gasteiger partial charge is 0.381 e. The highest BCUT2D eigenvalue weighted by Crippen LogP contribution is 2.41. The van der Waals surface area contributed by atoms with Crippen LogP contribution in [0.25, 0.3) is 0 Å². The number of rotatable bonds is 2. The van der Waals surface area contributed by atoms with Crippen molar-refractivity contribution in [3.63, 3.8) is 0 Å². The molecule has 3 atom stereocenters. The summed E-state index contributed by atoms with van der Waals surface area (Å²) >= 11 is 6.24. The topological polar surface area (TPSA) is 35.8 Å². The average Bonchev–Trinajstić information content (AvgIpc) is 2.49. The molecule has 0 heterocycles. The molecule has 0 radical (unpaired) electrons. The molecular weight excluding hydrogens is 268 g/mol.